The molecule has 17 heavy (non-hydrogen) atoms. The van der Waals surface area contributed by atoms with Gasteiger partial charge >= 0.3 is 0 Å². The van der Waals surface area contributed by atoms with Crippen molar-refractivity contribution in [2.75, 3.05) is 5.73 Å². The van der Waals surface area contributed by atoms with Gasteiger partial charge < -0.3 is 5.73 Å². The van der Waals surface area contributed by atoms with Crippen LogP contribution in [0, 0.1) is 0 Å². The Balaban J connectivity index is 2.40. The minimum atomic E-state index is -0.0744. The van der Waals surface area contributed by atoms with Crippen LogP contribution in [0.5, 0.6) is 0 Å². The maximum absolute atomic E-state index is 12.1. The van der Waals surface area contributed by atoms with Gasteiger partial charge in [-0.25, -0.2) is 0 Å². The van der Waals surface area contributed by atoms with Crippen molar-refractivity contribution in [3.8, 4) is 0 Å². The van der Waals surface area contributed by atoms with Gasteiger partial charge in [0, 0.05) is 26.3 Å². The number of benzene rings is 2. The molecule has 0 saturated carbocycles. The zero-order valence-corrected chi connectivity index (χ0v) is 11.1. The summed E-state index contributed by atoms with van der Waals surface area (Å²) in [4.78, 5) is 12.1. The summed E-state index contributed by atoms with van der Waals surface area (Å²) >= 11 is 9.09. The van der Waals surface area contributed by atoms with Gasteiger partial charge in [0.2, 0.25) is 0 Å². The van der Waals surface area contributed by atoms with Crippen LogP contribution in [-0.2, 0) is 0 Å². The van der Waals surface area contributed by atoms with Crippen LogP contribution >= 0.6 is 27.5 Å². The number of anilines is 1. The summed E-state index contributed by atoms with van der Waals surface area (Å²) in [7, 11) is 0. The molecule has 0 spiro atoms. The molecule has 86 valence electrons. The molecular formula is C13H9BrClNO. The molecular weight excluding hydrogens is 302 g/mol. The number of nitrogens with two attached hydrogens (primary N) is 1. The summed E-state index contributed by atoms with van der Waals surface area (Å²) in [5.41, 5.74) is 7.39. The third-order valence-corrected chi connectivity index (χ3v) is 3.00. The van der Waals surface area contributed by atoms with Gasteiger partial charge in [0.1, 0.15) is 0 Å². The van der Waals surface area contributed by atoms with E-state index < -0.39 is 0 Å². The van der Waals surface area contributed by atoms with Crippen molar-refractivity contribution >= 4 is 39.0 Å². The maximum atomic E-state index is 12.1. The largest absolute Gasteiger partial charge is 0.399 e. The second-order valence-corrected chi connectivity index (χ2v) is 4.96. The van der Waals surface area contributed by atoms with E-state index >= 15 is 0 Å². The number of halogens is 2. The number of ketones is 1. The lowest BCUT2D eigenvalue weighted by molar-refractivity contribution is 0.103. The molecule has 0 bridgehead atoms. The summed E-state index contributed by atoms with van der Waals surface area (Å²) in [5, 5.41) is 0.607. The van der Waals surface area contributed by atoms with Crippen LogP contribution in [0.3, 0.4) is 0 Å². The van der Waals surface area contributed by atoms with Crippen molar-refractivity contribution in [1.29, 1.82) is 0 Å². The predicted octanol–water partition coefficient (Wildman–Crippen LogP) is 3.92. The van der Waals surface area contributed by atoms with Gasteiger partial charge in [0.25, 0.3) is 0 Å². The number of nitrogen functional groups attached to an aromatic ring is 1. The Bertz CT molecular complexity index is 546. The van der Waals surface area contributed by atoms with Gasteiger partial charge in [-0.15, -0.1) is 0 Å². The van der Waals surface area contributed by atoms with Crippen LogP contribution in [0.1, 0.15) is 15.9 Å². The molecule has 4 heteroatoms. The smallest absolute Gasteiger partial charge is 0.193 e. The predicted molar refractivity (Wildman–Crippen MR) is 73.4 cm³/mol. The lowest BCUT2D eigenvalue weighted by Crippen LogP contribution is -2.02. The lowest BCUT2D eigenvalue weighted by atomic mass is 10.0. The molecule has 0 unspecified atom stereocenters. The van der Waals surface area contributed by atoms with Gasteiger partial charge in [-0.1, -0.05) is 27.5 Å². The van der Waals surface area contributed by atoms with Crippen LogP contribution in [0.15, 0.2) is 46.9 Å². The molecule has 0 aliphatic heterocycles. The highest BCUT2D eigenvalue weighted by atomic mass is 79.9. The third-order valence-electron chi connectivity index (χ3n) is 2.29. The average Bonchev–Trinajstić information content (AvgIpc) is 2.28. The van der Waals surface area contributed by atoms with E-state index in [4.69, 9.17) is 17.3 Å². The molecule has 2 aromatic carbocycles. The fourth-order valence-electron chi connectivity index (χ4n) is 1.51. The quantitative estimate of drug-likeness (QED) is 0.675. The fraction of sp³-hybridized carbons (Fsp3) is 0. The number of carbonyl (C=O) groups excluding carboxylic acids is 1. The summed E-state index contributed by atoms with van der Waals surface area (Å²) < 4.78 is 0.787. The van der Waals surface area contributed by atoms with Gasteiger partial charge in [-0.05, 0) is 42.5 Å². The van der Waals surface area contributed by atoms with Crippen LogP contribution in [0.4, 0.5) is 5.69 Å². The molecule has 0 heterocycles. The van der Waals surface area contributed by atoms with Crippen molar-refractivity contribution in [3.05, 3.63) is 63.1 Å². The van der Waals surface area contributed by atoms with Crippen LogP contribution < -0.4 is 5.73 Å². The minimum Gasteiger partial charge on any atom is -0.399 e. The van der Waals surface area contributed by atoms with Crippen LogP contribution in [0.2, 0.25) is 5.02 Å². The van der Waals surface area contributed by atoms with Crippen molar-refractivity contribution in [3.63, 3.8) is 0 Å². The van der Waals surface area contributed by atoms with Gasteiger partial charge in [-0.2, -0.15) is 0 Å². The topological polar surface area (TPSA) is 43.1 Å². The highest BCUT2D eigenvalue weighted by molar-refractivity contribution is 9.10. The molecule has 0 aliphatic carbocycles. The molecule has 0 atom stereocenters. The van der Waals surface area contributed by atoms with Crippen molar-refractivity contribution < 1.29 is 4.79 Å². The normalized spacial score (nSPS) is 10.2. The summed E-state index contributed by atoms with van der Waals surface area (Å²) in [6.45, 7) is 0. The monoisotopic (exact) mass is 309 g/mol. The summed E-state index contributed by atoms with van der Waals surface area (Å²) in [6.07, 6.45) is 0. The Morgan fingerprint density at radius 1 is 1.06 bits per heavy atom. The molecule has 2 nitrogen and oxygen atoms in total. The van der Waals surface area contributed by atoms with Crippen molar-refractivity contribution in [2.45, 2.75) is 0 Å². The first-order chi connectivity index (χ1) is 8.06. The zero-order valence-electron chi connectivity index (χ0n) is 8.78. The van der Waals surface area contributed by atoms with Gasteiger partial charge in [-0.3, -0.25) is 4.79 Å². The second kappa shape index (κ2) is 4.90. The molecule has 2 aromatic rings. The fourth-order valence-corrected chi connectivity index (χ4v) is 2.15. The van der Waals surface area contributed by atoms with Crippen molar-refractivity contribution in [2.24, 2.45) is 0 Å². The SMILES string of the molecule is Nc1cc(Br)cc(C(=O)c2ccc(Cl)cc2)c1. The number of hydrogen-bond acceptors (Lipinski definition) is 2. The van der Waals surface area contributed by atoms with E-state index in [1.807, 2.05) is 0 Å². The lowest BCUT2D eigenvalue weighted by Gasteiger charge is -2.03. The van der Waals surface area contributed by atoms with Gasteiger partial charge in [0.05, 0.1) is 0 Å². The molecule has 0 fully saturated rings. The van der Waals surface area contributed by atoms with E-state index in [0.717, 1.165) is 4.47 Å². The molecule has 0 aliphatic rings. The first-order valence-corrected chi connectivity index (χ1v) is 6.10. The van der Waals surface area contributed by atoms with Gasteiger partial charge in [0.15, 0.2) is 5.78 Å². The molecule has 2 rings (SSSR count). The molecule has 2 N–H and O–H groups in total. The first-order valence-electron chi connectivity index (χ1n) is 4.92. The molecule has 0 aromatic heterocycles. The minimum absolute atomic E-state index is 0.0744. The Morgan fingerprint density at radius 3 is 2.29 bits per heavy atom. The van der Waals surface area contributed by atoms with E-state index in [9.17, 15) is 4.79 Å². The Labute approximate surface area is 113 Å². The highest BCUT2D eigenvalue weighted by Gasteiger charge is 2.10. The average molecular weight is 311 g/mol. The standard InChI is InChI=1S/C13H9BrClNO/c14-10-5-9(6-12(16)7-10)13(17)8-1-3-11(15)4-2-8/h1-7H,16H2. The highest BCUT2D eigenvalue weighted by Crippen LogP contribution is 2.20. The summed E-state index contributed by atoms with van der Waals surface area (Å²) in [6, 6.07) is 11.9. The Morgan fingerprint density at radius 2 is 1.71 bits per heavy atom. The van der Waals surface area contributed by atoms with E-state index in [1.165, 1.54) is 0 Å². The zero-order chi connectivity index (χ0) is 12.4. The molecule has 0 saturated heterocycles. The summed E-state index contributed by atoms with van der Waals surface area (Å²) in [5.74, 6) is -0.0744. The third kappa shape index (κ3) is 2.87. The molecule has 0 amide bonds. The first kappa shape index (κ1) is 12.1. The van der Waals surface area contributed by atoms with E-state index in [-0.39, 0.29) is 5.78 Å². The maximum Gasteiger partial charge on any atom is 0.193 e. The number of hydrogen-bond donors (Lipinski definition) is 1. The number of rotatable bonds is 2. The second-order valence-electron chi connectivity index (χ2n) is 3.61. The molecule has 0 radical (unpaired) electrons. The Hall–Kier alpha value is -1.32. The van der Waals surface area contributed by atoms with E-state index in [0.29, 0.717) is 21.8 Å². The van der Waals surface area contributed by atoms with Crippen LogP contribution in [0.25, 0.3) is 0 Å². The van der Waals surface area contributed by atoms with E-state index in [2.05, 4.69) is 15.9 Å². The van der Waals surface area contributed by atoms with Crippen molar-refractivity contribution in [1.82, 2.24) is 0 Å². The van der Waals surface area contributed by atoms with E-state index in [1.54, 1.807) is 42.5 Å². The number of carbonyl (C=O) groups is 1. The van der Waals surface area contributed by atoms with Crippen LogP contribution in [-0.4, -0.2) is 5.78 Å². The Kier molecular flexibility index (Phi) is 3.50.